The lowest BCUT2D eigenvalue weighted by atomic mass is 10.1. The standard InChI is InChI=1S/C15H16ClNOS/c1-11-9-19-10-14(11)15(18)17-13-6-2-4-12(8-13)5-3-7-16/h2,4,6,8-10H,3,5,7H2,1H3,(H,17,18). The summed E-state index contributed by atoms with van der Waals surface area (Å²) in [6.07, 6.45) is 1.88. The first-order valence-corrected chi connectivity index (χ1v) is 7.67. The molecule has 2 aromatic rings. The van der Waals surface area contributed by atoms with Crippen molar-refractivity contribution in [3.8, 4) is 0 Å². The minimum atomic E-state index is -0.0479. The number of thiophene rings is 1. The summed E-state index contributed by atoms with van der Waals surface area (Å²) in [6.45, 7) is 1.95. The Bertz CT molecular complexity index is 565. The van der Waals surface area contributed by atoms with E-state index in [1.54, 1.807) is 11.3 Å². The van der Waals surface area contributed by atoms with Gasteiger partial charge in [0.2, 0.25) is 0 Å². The van der Waals surface area contributed by atoms with E-state index < -0.39 is 0 Å². The van der Waals surface area contributed by atoms with Crippen molar-refractivity contribution in [2.75, 3.05) is 11.2 Å². The molecule has 0 bridgehead atoms. The molecule has 0 fully saturated rings. The second-order valence-corrected chi connectivity index (χ2v) is 5.54. The summed E-state index contributed by atoms with van der Waals surface area (Å²) in [5, 5.41) is 6.79. The molecule has 0 saturated carbocycles. The van der Waals surface area contributed by atoms with Gasteiger partial charge in [0.15, 0.2) is 0 Å². The summed E-state index contributed by atoms with van der Waals surface area (Å²) in [6, 6.07) is 7.92. The Morgan fingerprint density at radius 1 is 1.37 bits per heavy atom. The zero-order valence-electron chi connectivity index (χ0n) is 10.8. The Kier molecular flexibility index (Phi) is 5.00. The Balaban J connectivity index is 2.07. The monoisotopic (exact) mass is 293 g/mol. The van der Waals surface area contributed by atoms with E-state index in [-0.39, 0.29) is 5.91 Å². The average molecular weight is 294 g/mol. The van der Waals surface area contributed by atoms with Crippen LogP contribution in [0.1, 0.15) is 27.9 Å². The van der Waals surface area contributed by atoms with E-state index in [1.165, 1.54) is 5.56 Å². The molecule has 4 heteroatoms. The second-order valence-electron chi connectivity index (χ2n) is 4.42. The van der Waals surface area contributed by atoms with Crippen LogP contribution in [0.5, 0.6) is 0 Å². The highest BCUT2D eigenvalue weighted by Crippen LogP contribution is 2.17. The molecule has 0 atom stereocenters. The zero-order valence-corrected chi connectivity index (χ0v) is 12.4. The summed E-state index contributed by atoms with van der Waals surface area (Å²) < 4.78 is 0. The van der Waals surface area contributed by atoms with E-state index >= 15 is 0 Å². The summed E-state index contributed by atoms with van der Waals surface area (Å²) in [4.78, 5) is 12.1. The van der Waals surface area contributed by atoms with Crippen LogP contribution in [0.4, 0.5) is 5.69 Å². The number of hydrogen-bond donors (Lipinski definition) is 1. The minimum absolute atomic E-state index is 0.0479. The molecule has 2 rings (SSSR count). The van der Waals surface area contributed by atoms with Crippen molar-refractivity contribution in [1.82, 2.24) is 0 Å². The first kappa shape index (κ1) is 14.1. The first-order chi connectivity index (χ1) is 9.20. The van der Waals surface area contributed by atoms with Crippen LogP contribution in [0.15, 0.2) is 35.0 Å². The van der Waals surface area contributed by atoms with Crippen LogP contribution in [0, 0.1) is 6.92 Å². The van der Waals surface area contributed by atoms with Crippen molar-refractivity contribution in [3.05, 3.63) is 51.7 Å². The van der Waals surface area contributed by atoms with E-state index in [1.807, 2.05) is 35.9 Å². The summed E-state index contributed by atoms with van der Waals surface area (Å²) in [7, 11) is 0. The van der Waals surface area contributed by atoms with E-state index in [0.717, 1.165) is 29.7 Å². The smallest absolute Gasteiger partial charge is 0.256 e. The molecule has 1 aromatic heterocycles. The van der Waals surface area contributed by atoms with Gasteiger partial charge in [0.25, 0.3) is 5.91 Å². The summed E-state index contributed by atoms with van der Waals surface area (Å²) in [5.41, 5.74) is 3.79. The molecule has 1 aromatic carbocycles. The van der Waals surface area contributed by atoms with E-state index in [0.29, 0.717) is 5.88 Å². The van der Waals surface area contributed by atoms with Crippen LogP contribution in [-0.2, 0) is 6.42 Å². The largest absolute Gasteiger partial charge is 0.322 e. The maximum absolute atomic E-state index is 12.1. The number of anilines is 1. The Morgan fingerprint density at radius 3 is 2.89 bits per heavy atom. The van der Waals surface area contributed by atoms with E-state index in [9.17, 15) is 4.79 Å². The lowest BCUT2D eigenvalue weighted by Crippen LogP contribution is -2.12. The molecule has 19 heavy (non-hydrogen) atoms. The van der Waals surface area contributed by atoms with Gasteiger partial charge in [-0.25, -0.2) is 0 Å². The molecule has 1 amide bonds. The van der Waals surface area contributed by atoms with Crippen molar-refractivity contribution in [1.29, 1.82) is 0 Å². The van der Waals surface area contributed by atoms with Gasteiger partial charge in [-0.3, -0.25) is 4.79 Å². The predicted octanol–water partition coefficient (Wildman–Crippen LogP) is 4.48. The number of hydrogen-bond acceptors (Lipinski definition) is 2. The van der Waals surface area contributed by atoms with Crippen LogP contribution in [0.3, 0.4) is 0 Å². The van der Waals surface area contributed by atoms with Crippen molar-refractivity contribution < 1.29 is 4.79 Å². The number of halogens is 1. The topological polar surface area (TPSA) is 29.1 Å². The minimum Gasteiger partial charge on any atom is -0.322 e. The molecular weight excluding hydrogens is 278 g/mol. The van der Waals surface area contributed by atoms with Gasteiger partial charge in [0.1, 0.15) is 0 Å². The quantitative estimate of drug-likeness (QED) is 0.809. The third-order valence-corrected chi connectivity index (χ3v) is 4.01. The molecule has 100 valence electrons. The van der Waals surface area contributed by atoms with Gasteiger partial charge in [-0.1, -0.05) is 12.1 Å². The number of benzene rings is 1. The van der Waals surface area contributed by atoms with Crippen molar-refractivity contribution in [3.63, 3.8) is 0 Å². The van der Waals surface area contributed by atoms with Gasteiger partial charge in [0.05, 0.1) is 5.56 Å². The fourth-order valence-corrected chi connectivity index (χ4v) is 2.83. The molecule has 0 aliphatic rings. The summed E-state index contributed by atoms with van der Waals surface area (Å²) >= 11 is 7.24. The van der Waals surface area contributed by atoms with Crippen LogP contribution < -0.4 is 5.32 Å². The van der Waals surface area contributed by atoms with E-state index in [2.05, 4.69) is 11.4 Å². The van der Waals surface area contributed by atoms with Crippen LogP contribution in [0.2, 0.25) is 0 Å². The molecule has 0 radical (unpaired) electrons. The lowest BCUT2D eigenvalue weighted by Gasteiger charge is -2.07. The van der Waals surface area contributed by atoms with Gasteiger partial charge < -0.3 is 5.32 Å². The van der Waals surface area contributed by atoms with Crippen molar-refractivity contribution >= 4 is 34.5 Å². The van der Waals surface area contributed by atoms with Crippen LogP contribution >= 0.6 is 22.9 Å². The van der Waals surface area contributed by atoms with Gasteiger partial charge in [-0.2, -0.15) is 11.3 Å². The highest BCUT2D eigenvalue weighted by atomic mass is 35.5. The Labute approximate surface area is 122 Å². The fraction of sp³-hybridized carbons (Fsp3) is 0.267. The Hall–Kier alpha value is -1.32. The maximum atomic E-state index is 12.1. The van der Waals surface area contributed by atoms with Crippen LogP contribution in [0.25, 0.3) is 0 Å². The van der Waals surface area contributed by atoms with E-state index in [4.69, 9.17) is 11.6 Å². The number of nitrogens with one attached hydrogen (secondary N) is 1. The van der Waals surface area contributed by atoms with Gasteiger partial charge >= 0.3 is 0 Å². The number of amides is 1. The number of rotatable bonds is 5. The third-order valence-electron chi connectivity index (χ3n) is 2.88. The molecule has 1 heterocycles. The highest BCUT2D eigenvalue weighted by Gasteiger charge is 2.09. The zero-order chi connectivity index (χ0) is 13.7. The van der Waals surface area contributed by atoms with Gasteiger partial charge in [0, 0.05) is 16.9 Å². The molecule has 0 saturated heterocycles. The molecule has 1 N–H and O–H groups in total. The molecular formula is C15H16ClNOS. The molecule has 2 nitrogen and oxygen atoms in total. The normalized spacial score (nSPS) is 10.4. The predicted molar refractivity (Wildman–Crippen MR) is 82.5 cm³/mol. The first-order valence-electron chi connectivity index (χ1n) is 6.20. The van der Waals surface area contributed by atoms with Crippen molar-refractivity contribution in [2.24, 2.45) is 0 Å². The molecule has 0 unspecified atom stereocenters. The SMILES string of the molecule is Cc1cscc1C(=O)Nc1cccc(CCCCl)c1. The van der Waals surface area contributed by atoms with Gasteiger partial charge in [-0.05, 0) is 48.4 Å². The number of carbonyl (C=O) groups is 1. The number of carbonyl (C=O) groups excluding carboxylic acids is 1. The molecule has 0 spiro atoms. The number of alkyl halides is 1. The summed E-state index contributed by atoms with van der Waals surface area (Å²) in [5.74, 6) is 0.610. The average Bonchev–Trinajstić information content (AvgIpc) is 2.83. The lowest BCUT2D eigenvalue weighted by molar-refractivity contribution is 0.102. The van der Waals surface area contributed by atoms with Crippen molar-refractivity contribution in [2.45, 2.75) is 19.8 Å². The molecule has 0 aliphatic heterocycles. The van der Waals surface area contributed by atoms with Gasteiger partial charge in [-0.15, -0.1) is 11.6 Å². The number of aryl methyl sites for hydroxylation is 2. The Morgan fingerprint density at radius 2 is 2.21 bits per heavy atom. The third kappa shape index (κ3) is 3.82. The highest BCUT2D eigenvalue weighted by molar-refractivity contribution is 7.08. The van der Waals surface area contributed by atoms with Crippen LogP contribution in [-0.4, -0.2) is 11.8 Å². The fourth-order valence-electron chi connectivity index (χ4n) is 1.87. The maximum Gasteiger partial charge on any atom is 0.256 e. The molecule has 0 aliphatic carbocycles. The second kappa shape index (κ2) is 6.73.